The highest BCUT2D eigenvalue weighted by Crippen LogP contribution is 2.29. The fourth-order valence-electron chi connectivity index (χ4n) is 2.66. The number of nitrogens with zero attached hydrogens (tertiary/aromatic N) is 6. The number of nitriles is 1. The molecule has 3 heterocycles. The Morgan fingerprint density at radius 3 is 2.96 bits per heavy atom. The molecule has 23 heavy (non-hydrogen) atoms. The highest BCUT2D eigenvalue weighted by Gasteiger charge is 2.37. The minimum Gasteiger partial charge on any atom is -0.305 e. The quantitative estimate of drug-likeness (QED) is 0.827. The number of hydrazine groups is 3. The van der Waals surface area contributed by atoms with E-state index in [1.165, 1.54) is 0 Å². The van der Waals surface area contributed by atoms with Crippen LogP contribution in [0.5, 0.6) is 0 Å². The number of rotatable bonds is 2. The number of nitrogens with one attached hydrogen (secondary N) is 2. The molecule has 0 atom stereocenters. The maximum absolute atomic E-state index is 9.05. The zero-order valence-electron chi connectivity index (χ0n) is 12.6. The van der Waals surface area contributed by atoms with E-state index in [-0.39, 0.29) is 0 Å². The number of benzene rings is 1. The van der Waals surface area contributed by atoms with Gasteiger partial charge in [0.2, 0.25) is 0 Å². The first-order valence-corrected chi connectivity index (χ1v) is 7.08. The van der Waals surface area contributed by atoms with Crippen LogP contribution in [0.3, 0.4) is 0 Å². The van der Waals surface area contributed by atoms with Gasteiger partial charge in [0, 0.05) is 19.7 Å². The van der Waals surface area contributed by atoms with Crippen molar-refractivity contribution in [2.45, 2.75) is 0 Å². The standard InChI is InChI=1S/C15H14N8/c1-17-22-9-12-15(23-13(22)8-18-21(23)2)20-14(19-12)11-5-3-4-10(6-11)7-16/h3-6,8-9,17-18H,1-2H3. The zero-order chi connectivity index (χ0) is 16.0. The smallest absolute Gasteiger partial charge is 0.180 e. The monoisotopic (exact) mass is 306 g/mol. The average molecular weight is 306 g/mol. The predicted molar refractivity (Wildman–Crippen MR) is 84.9 cm³/mol. The Bertz CT molecular complexity index is 841. The van der Waals surface area contributed by atoms with Crippen molar-refractivity contribution in [3.63, 3.8) is 0 Å². The molecule has 3 aliphatic heterocycles. The Hall–Kier alpha value is -3.15. The molecule has 0 radical (unpaired) electrons. The van der Waals surface area contributed by atoms with Gasteiger partial charge in [-0.15, -0.1) is 5.12 Å². The van der Waals surface area contributed by atoms with Crippen molar-refractivity contribution in [2.75, 3.05) is 14.1 Å². The van der Waals surface area contributed by atoms with Crippen LogP contribution in [-0.2, 0) is 0 Å². The van der Waals surface area contributed by atoms with Gasteiger partial charge in [-0.3, -0.25) is 5.01 Å². The number of aliphatic imine (C=N–C) groups is 2. The fourth-order valence-corrected chi connectivity index (χ4v) is 2.66. The van der Waals surface area contributed by atoms with E-state index >= 15 is 0 Å². The average Bonchev–Trinajstić information content (AvgIpc) is 3.17. The summed E-state index contributed by atoms with van der Waals surface area (Å²) in [5.41, 5.74) is 8.38. The van der Waals surface area contributed by atoms with Gasteiger partial charge in [0.05, 0.1) is 24.0 Å². The summed E-state index contributed by atoms with van der Waals surface area (Å²) in [6.07, 6.45) is 3.77. The number of amidine groups is 2. The van der Waals surface area contributed by atoms with E-state index in [0.29, 0.717) is 11.4 Å². The van der Waals surface area contributed by atoms with Crippen molar-refractivity contribution in [1.29, 1.82) is 5.26 Å². The molecule has 0 spiro atoms. The van der Waals surface area contributed by atoms with Crippen LogP contribution in [0.4, 0.5) is 0 Å². The molecule has 4 rings (SSSR count). The molecule has 0 bridgehead atoms. The van der Waals surface area contributed by atoms with Gasteiger partial charge in [-0.25, -0.2) is 20.4 Å². The predicted octanol–water partition coefficient (Wildman–Crippen LogP) is 0.474. The van der Waals surface area contributed by atoms with Gasteiger partial charge >= 0.3 is 0 Å². The lowest BCUT2D eigenvalue weighted by molar-refractivity contribution is 0.0677. The van der Waals surface area contributed by atoms with Crippen molar-refractivity contribution >= 4 is 11.7 Å². The molecule has 0 saturated heterocycles. The molecule has 0 unspecified atom stereocenters. The maximum atomic E-state index is 9.05. The zero-order valence-corrected chi connectivity index (χ0v) is 12.6. The van der Waals surface area contributed by atoms with Crippen LogP contribution in [0.1, 0.15) is 11.1 Å². The Morgan fingerprint density at radius 1 is 1.30 bits per heavy atom. The molecule has 3 aliphatic rings. The molecule has 1 aromatic carbocycles. The summed E-state index contributed by atoms with van der Waals surface area (Å²) < 4.78 is 0. The normalized spacial score (nSPS) is 19.2. The molecule has 0 fully saturated rings. The lowest BCUT2D eigenvalue weighted by atomic mass is 10.1. The third kappa shape index (κ3) is 1.99. The Labute approximate surface area is 133 Å². The second-order valence-corrected chi connectivity index (χ2v) is 5.14. The van der Waals surface area contributed by atoms with Gasteiger partial charge in [-0.2, -0.15) is 5.26 Å². The van der Waals surface area contributed by atoms with Crippen LogP contribution >= 0.6 is 0 Å². The minimum absolute atomic E-state index is 0.589. The molecule has 0 amide bonds. The van der Waals surface area contributed by atoms with E-state index in [1.807, 2.05) is 53.8 Å². The summed E-state index contributed by atoms with van der Waals surface area (Å²) in [6, 6.07) is 9.43. The van der Waals surface area contributed by atoms with Crippen molar-refractivity contribution in [2.24, 2.45) is 9.98 Å². The van der Waals surface area contributed by atoms with Crippen molar-refractivity contribution in [3.8, 4) is 6.07 Å². The molecule has 0 aliphatic carbocycles. The summed E-state index contributed by atoms with van der Waals surface area (Å²) in [7, 11) is 3.74. The highest BCUT2D eigenvalue weighted by atomic mass is 15.9. The first kappa shape index (κ1) is 13.5. The van der Waals surface area contributed by atoms with Crippen LogP contribution in [-0.4, -0.2) is 40.9 Å². The number of hydrogen-bond donors (Lipinski definition) is 2. The second kappa shape index (κ2) is 4.95. The van der Waals surface area contributed by atoms with E-state index < -0.39 is 0 Å². The van der Waals surface area contributed by atoms with E-state index in [4.69, 9.17) is 5.26 Å². The third-order valence-electron chi connectivity index (χ3n) is 3.75. The maximum Gasteiger partial charge on any atom is 0.180 e. The van der Waals surface area contributed by atoms with E-state index in [2.05, 4.69) is 26.9 Å². The molecule has 1 aromatic rings. The first-order valence-electron chi connectivity index (χ1n) is 7.08. The molecule has 8 heteroatoms. The van der Waals surface area contributed by atoms with E-state index in [1.54, 1.807) is 12.1 Å². The van der Waals surface area contributed by atoms with Gasteiger partial charge in [-0.1, -0.05) is 12.1 Å². The topological polar surface area (TPSA) is 82.3 Å². The molecule has 114 valence electrons. The Morgan fingerprint density at radius 2 is 2.17 bits per heavy atom. The summed E-state index contributed by atoms with van der Waals surface area (Å²) in [5.74, 6) is 2.24. The summed E-state index contributed by atoms with van der Waals surface area (Å²) >= 11 is 0. The van der Waals surface area contributed by atoms with E-state index in [0.717, 1.165) is 22.9 Å². The van der Waals surface area contributed by atoms with Gasteiger partial charge < -0.3 is 5.43 Å². The SMILES string of the molecule is CNN1C=C2N=C(c3cccc(C#N)c3)N=C2N2C1=CNN2C. The summed E-state index contributed by atoms with van der Waals surface area (Å²) in [5, 5.41) is 14.7. The molecule has 8 nitrogen and oxygen atoms in total. The van der Waals surface area contributed by atoms with E-state index in [9.17, 15) is 0 Å². The lowest BCUT2D eigenvalue weighted by Crippen LogP contribution is -2.50. The fraction of sp³-hybridized carbons (Fsp3) is 0.133. The van der Waals surface area contributed by atoms with Gasteiger partial charge in [0.15, 0.2) is 17.5 Å². The summed E-state index contributed by atoms with van der Waals surface area (Å²) in [6.45, 7) is 0. The number of fused-ring (bicyclic) bond motifs is 3. The van der Waals surface area contributed by atoms with Gasteiger partial charge in [0.25, 0.3) is 0 Å². The van der Waals surface area contributed by atoms with Crippen molar-refractivity contribution in [3.05, 3.63) is 59.3 Å². The van der Waals surface area contributed by atoms with Gasteiger partial charge in [-0.05, 0) is 12.1 Å². The molecule has 2 N–H and O–H groups in total. The minimum atomic E-state index is 0.589. The second-order valence-electron chi connectivity index (χ2n) is 5.14. The molecular formula is C15H14N8. The van der Waals surface area contributed by atoms with Crippen LogP contribution in [0, 0.1) is 11.3 Å². The summed E-state index contributed by atoms with van der Waals surface area (Å²) in [4.78, 5) is 9.26. The molecule has 0 saturated carbocycles. The first-order chi connectivity index (χ1) is 11.2. The molecule has 0 aromatic heterocycles. The van der Waals surface area contributed by atoms with Crippen LogP contribution in [0.25, 0.3) is 0 Å². The lowest BCUT2D eigenvalue weighted by Gasteiger charge is -2.35. The Kier molecular flexibility index (Phi) is 2.90. The van der Waals surface area contributed by atoms with Crippen LogP contribution in [0.15, 0.2) is 58.2 Å². The number of hydrogen-bond acceptors (Lipinski definition) is 8. The van der Waals surface area contributed by atoms with Crippen LogP contribution in [0.2, 0.25) is 0 Å². The van der Waals surface area contributed by atoms with Crippen molar-refractivity contribution in [1.82, 2.24) is 26.0 Å². The van der Waals surface area contributed by atoms with Crippen LogP contribution < -0.4 is 10.9 Å². The Balaban J connectivity index is 1.79. The molecular weight excluding hydrogens is 292 g/mol. The van der Waals surface area contributed by atoms with Gasteiger partial charge in [0.1, 0.15) is 5.70 Å². The van der Waals surface area contributed by atoms with Crippen molar-refractivity contribution < 1.29 is 0 Å². The highest BCUT2D eigenvalue weighted by molar-refractivity contribution is 6.17. The largest absolute Gasteiger partial charge is 0.305 e. The third-order valence-corrected chi connectivity index (χ3v) is 3.75.